The molecule has 0 aliphatic rings. The van der Waals surface area contributed by atoms with E-state index in [0.717, 1.165) is 6.07 Å². The van der Waals surface area contributed by atoms with Gasteiger partial charge in [-0.1, -0.05) is 0 Å². The lowest BCUT2D eigenvalue weighted by molar-refractivity contribution is 0.0696. The molecule has 4 N–H and O–H groups in total. The first kappa shape index (κ1) is 13.1. The van der Waals surface area contributed by atoms with Crippen molar-refractivity contribution in [1.82, 2.24) is 4.83 Å². The van der Waals surface area contributed by atoms with Crippen LogP contribution in [-0.2, 0) is 10.0 Å². The second kappa shape index (κ2) is 4.50. The minimum Gasteiger partial charge on any atom is -0.478 e. The van der Waals surface area contributed by atoms with Gasteiger partial charge in [0, 0.05) is 4.47 Å². The SMILES string of the molecule is Cc1cc(C(=O)O)cc(S(=O)(=O)NN)c1Br. The molecular weight excluding hydrogens is 300 g/mol. The molecule has 0 heterocycles. The summed E-state index contributed by atoms with van der Waals surface area (Å²) in [6, 6.07) is 2.40. The highest BCUT2D eigenvalue weighted by molar-refractivity contribution is 9.10. The van der Waals surface area contributed by atoms with Crippen molar-refractivity contribution in [2.24, 2.45) is 5.84 Å². The summed E-state index contributed by atoms with van der Waals surface area (Å²) >= 11 is 3.07. The van der Waals surface area contributed by atoms with Crippen molar-refractivity contribution in [3.63, 3.8) is 0 Å². The van der Waals surface area contributed by atoms with Gasteiger partial charge in [0.25, 0.3) is 10.0 Å². The Morgan fingerprint density at radius 3 is 2.50 bits per heavy atom. The van der Waals surface area contributed by atoms with Gasteiger partial charge in [-0.25, -0.2) is 13.2 Å². The molecule has 0 atom stereocenters. The first-order chi connectivity index (χ1) is 7.29. The van der Waals surface area contributed by atoms with Gasteiger partial charge in [-0.05, 0) is 40.5 Å². The van der Waals surface area contributed by atoms with Gasteiger partial charge in [0.2, 0.25) is 0 Å². The Morgan fingerprint density at radius 1 is 1.50 bits per heavy atom. The predicted molar refractivity (Wildman–Crippen MR) is 60.3 cm³/mol. The Hall–Kier alpha value is -0.960. The topological polar surface area (TPSA) is 109 Å². The lowest BCUT2D eigenvalue weighted by atomic mass is 10.1. The summed E-state index contributed by atoms with van der Waals surface area (Å²) in [5.74, 6) is 3.67. The number of carbonyl (C=O) groups is 1. The second-order valence-corrected chi connectivity index (χ2v) is 5.51. The maximum absolute atomic E-state index is 11.5. The van der Waals surface area contributed by atoms with Crippen LogP contribution in [0, 0.1) is 6.92 Å². The van der Waals surface area contributed by atoms with Crippen molar-refractivity contribution in [1.29, 1.82) is 0 Å². The lowest BCUT2D eigenvalue weighted by Gasteiger charge is -2.08. The van der Waals surface area contributed by atoms with Gasteiger partial charge in [0.05, 0.1) is 10.5 Å². The zero-order valence-corrected chi connectivity index (χ0v) is 10.6. The number of halogens is 1. The number of hydrazine groups is 1. The van der Waals surface area contributed by atoms with Crippen LogP contribution in [0.5, 0.6) is 0 Å². The molecule has 1 rings (SSSR count). The van der Waals surface area contributed by atoms with Crippen LogP contribution in [0.4, 0.5) is 0 Å². The second-order valence-electron chi connectivity index (χ2n) is 3.03. The number of sulfonamides is 1. The minimum atomic E-state index is -3.89. The maximum atomic E-state index is 11.5. The molecule has 8 heteroatoms. The third-order valence-electron chi connectivity index (χ3n) is 1.91. The number of rotatable bonds is 3. The van der Waals surface area contributed by atoms with Crippen LogP contribution < -0.4 is 10.7 Å². The normalized spacial score (nSPS) is 11.4. The molecule has 1 aromatic carbocycles. The average molecular weight is 309 g/mol. The number of benzene rings is 1. The van der Waals surface area contributed by atoms with Crippen LogP contribution in [0.25, 0.3) is 0 Å². The van der Waals surface area contributed by atoms with Crippen LogP contribution in [0.1, 0.15) is 15.9 Å². The van der Waals surface area contributed by atoms with Crippen molar-refractivity contribution in [3.05, 3.63) is 27.7 Å². The summed E-state index contributed by atoms with van der Waals surface area (Å²) in [7, 11) is -3.89. The summed E-state index contributed by atoms with van der Waals surface area (Å²) in [5, 5.41) is 8.80. The molecule has 0 radical (unpaired) electrons. The van der Waals surface area contributed by atoms with Crippen LogP contribution in [-0.4, -0.2) is 19.5 Å². The molecule has 0 aliphatic heterocycles. The average Bonchev–Trinajstić information content (AvgIpc) is 2.21. The summed E-state index contributed by atoms with van der Waals surface area (Å²) < 4.78 is 23.3. The lowest BCUT2D eigenvalue weighted by Crippen LogP contribution is -2.30. The van der Waals surface area contributed by atoms with E-state index < -0.39 is 16.0 Å². The molecule has 0 spiro atoms. The fourth-order valence-electron chi connectivity index (χ4n) is 1.12. The van der Waals surface area contributed by atoms with E-state index in [4.69, 9.17) is 10.9 Å². The van der Waals surface area contributed by atoms with Crippen molar-refractivity contribution in [2.75, 3.05) is 0 Å². The molecule has 0 unspecified atom stereocenters. The van der Waals surface area contributed by atoms with Gasteiger partial charge in [0.1, 0.15) is 0 Å². The minimum absolute atomic E-state index is 0.116. The van der Waals surface area contributed by atoms with Gasteiger partial charge in [-0.3, -0.25) is 5.84 Å². The highest BCUT2D eigenvalue weighted by atomic mass is 79.9. The van der Waals surface area contributed by atoms with E-state index >= 15 is 0 Å². The molecule has 0 aliphatic carbocycles. The molecule has 88 valence electrons. The van der Waals surface area contributed by atoms with Gasteiger partial charge in [-0.15, -0.1) is 0 Å². The van der Waals surface area contributed by atoms with E-state index in [-0.39, 0.29) is 14.9 Å². The van der Waals surface area contributed by atoms with Gasteiger partial charge in [0.15, 0.2) is 0 Å². The number of aryl methyl sites for hydroxylation is 1. The molecule has 1 aromatic rings. The van der Waals surface area contributed by atoms with Crippen molar-refractivity contribution in [3.8, 4) is 0 Å². The van der Waals surface area contributed by atoms with Crippen molar-refractivity contribution >= 4 is 31.9 Å². The molecule has 0 aromatic heterocycles. The molecule has 0 bridgehead atoms. The molecular formula is C8H9BrN2O4S. The first-order valence-corrected chi connectivity index (χ1v) is 6.33. The Balaban J connectivity index is 3.57. The molecule has 0 saturated carbocycles. The zero-order chi connectivity index (χ0) is 12.5. The summed E-state index contributed by atoms with van der Waals surface area (Å²) in [6.07, 6.45) is 0. The molecule has 0 amide bonds. The van der Waals surface area contributed by atoms with Crippen molar-refractivity contribution in [2.45, 2.75) is 11.8 Å². The Morgan fingerprint density at radius 2 is 2.06 bits per heavy atom. The molecule has 0 fully saturated rings. The Labute approximate surface area is 101 Å². The number of carboxylic acid groups (broad SMARTS) is 1. The van der Waals surface area contributed by atoms with E-state index in [1.165, 1.54) is 6.07 Å². The molecule has 16 heavy (non-hydrogen) atoms. The molecule has 6 nitrogen and oxygen atoms in total. The van der Waals surface area contributed by atoms with Crippen LogP contribution >= 0.6 is 15.9 Å². The fraction of sp³-hybridized carbons (Fsp3) is 0.125. The Bertz CT molecular complexity index is 541. The van der Waals surface area contributed by atoms with Crippen molar-refractivity contribution < 1.29 is 18.3 Å². The number of carboxylic acids is 1. The standard InChI is InChI=1S/C8H9BrN2O4S/c1-4-2-5(8(12)13)3-6(7(4)9)16(14,15)11-10/h2-3,11H,10H2,1H3,(H,12,13). The third-order valence-corrected chi connectivity index (χ3v) is 4.44. The highest BCUT2D eigenvalue weighted by Crippen LogP contribution is 2.26. The summed E-state index contributed by atoms with van der Waals surface area (Å²) in [5.41, 5.74) is 0.378. The fourth-order valence-corrected chi connectivity index (χ4v) is 2.79. The predicted octanol–water partition coefficient (Wildman–Crippen LogP) is 0.608. The number of nitrogens with one attached hydrogen (secondary N) is 1. The van der Waals surface area contributed by atoms with E-state index in [1.807, 2.05) is 0 Å². The van der Waals surface area contributed by atoms with Crippen LogP contribution in [0.3, 0.4) is 0 Å². The number of nitrogens with two attached hydrogens (primary N) is 1. The largest absolute Gasteiger partial charge is 0.478 e. The highest BCUT2D eigenvalue weighted by Gasteiger charge is 2.20. The number of aromatic carboxylic acids is 1. The zero-order valence-electron chi connectivity index (χ0n) is 8.19. The molecule has 0 saturated heterocycles. The monoisotopic (exact) mass is 308 g/mol. The van der Waals surface area contributed by atoms with Crippen LogP contribution in [0.2, 0.25) is 0 Å². The maximum Gasteiger partial charge on any atom is 0.335 e. The number of hydrogen-bond acceptors (Lipinski definition) is 4. The van der Waals surface area contributed by atoms with E-state index in [1.54, 1.807) is 11.8 Å². The Kier molecular flexibility index (Phi) is 3.68. The smallest absolute Gasteiger partial charge is 0.335 e. The quantitative estimate of drug-likeness (QED) is 0.560. The van der Waals surface area contributed by atoms with E-state index in [9.17, 15) is 13.2 Å². The van der Waals surface area contributed by atoms with Gasteiger partial charge >= 0.3 is 5.97 Å². The van der Waals surface area contributed by atoms with Gasteiger partial charge < -0.3 is 5.11 Å². The van der Waals surface area contributed by atoms with E-state index in [2.05, 4.69) is 15.9 Å². The summed E-state index contributed by atoms with van der Waals surface area (Å²) in [4.78, 5) is 12.2. The number of hydrogen-bond donors (Lipinski definition) is 3. The first-order valence-electron chi connectivity index (χ1n) is 4.05. The van der Waals surface area contributed by atoms with Gasteiger partial charge in [-0.2, -0.15) is 4.83 Å². The third kappa shape index (κ3) is 2.40. The van der Waals surface area contributed by atoms with Crippen LogP contribution in [0.15, 0.2) is 21.5 Å². The van der Waals surface area contributed by atoms with E-state index in [0.29, 0.717) is 5.56 Å². The summed E-state index contributed by atoms with van der Waals surface area (Å²) in [6.45, 7) is 1.59.